The van der Waals surface area contributed by atoms with Gasteiger partial charge in [0.25, 0.3) is 5.91 Å². The topological polar surface area (TPSA) is 67.4 Å². The van der Waals surface area contributed by atoms with Gasteiger partial charge in [-0.15, -0.1) is 0 Å². The van der Waals surface area contributed by atoms with Crippen LogP contribution in [0.25, 0.3) is 0 Å². The normalized spacial score (nSPS) is 14.5. The van der Waals surface area contributed by atoms with Crippen LogP contribution in [0.5, 0.6) is 5.75 Å². The molecule has 1 saturated carbocycles. The van der Waals surface area contributed by atoms with Crippen molar-refractivity contribution in [2.24, 2.45) is 5.92 Å². The fourth-order valence-electron chi connectivity index (χ4n) is 2.91. The molecule has 1 unspecified atom stereocenters. The second-order valence-corrected chi connectivity index (χ2v) is 7.71. The molecule has 2 amide bonds. The van der Waals surface area contributed by atoms with Gasteiger partial charge in [0.15, 0.2) is 6.10 Å². The van der Waals surface area contributed by atoms with Crippen LogP contribution in [0.1, 0.15) is 50.7 Å². The summed E-state index contributed by atoms with van der Waals surface area (Å²) in [6.07, 6.45) is 1.26. The number of ether oxygens (including phenoxy) is 1. The lowest BCUT2D eigenvalue weighted by molar-refractivity contribution is -0.122. The highest BCUT2D eigenvalue weighted by atomic mass is 16.5. The Labute approximate surface area is 166 Å². The molecule has 0 aromatic heterocycles. The molecule has 148 valence electrons. The molecule has 28 heavy (non-hydrogen) atoms. The van der Waals surface area contributed by atoms with Crippen LogP contribution in [-0.4, -0.2) is 17.9 Å². The summed E-state index contributed by atoms with van der Waals surface area (Å²) in [5.41, 5.74) is 3.46. The maximum Gasteiger partial charge on any atom is 0.265 e. The summed E-state index contributed by atoms with van der Waals surface area (Å²) in [6.45, 7) is 7.87. The SMILES string of the molecule is Cc1c(NC(=O)C2CC2)cccc1NC(=O)C(C)Oc1ccc(C(C)C)cc1. The molecule has 0 heterocycles. The molecule has 5 nitrogen and oxygen atoms in total. The first-order chi connectivity index (χ1) is 13.3. The standard InChI is InChI=1S/C23H28N2O3/c1-14(2)17-10-12-19(13-11-17)28-16(4)22(26)24-20-6-5-7-21(15(20)3)25-23(27)18-8-9-18/h5-7,10-14,16,18H,8-9H2,1-4H3,(H,24,26)(H,25,27). The summed E-state index contributed by atoms with van der Waals surface area (Å²) in [7, 11) is 0. The lowest BCUT2D eigenvalue weighted by atomic mass is 10.0. The Kier molecular flexibility index (Phi) is 6.02. The summed E-state index contributed by atoms with van der Waals surface area (Å²) < 4.78 is 5.78. The molecule has 2 aromatic carbocycles. The number of carbonyl (C=O) groups is 2. The van der Waals surface area contributed by atoms with E-state index in [1.54, 1.807) is 6.92 Å². The zero-order valence-corrected chi connectivity index (χ0v) is 16.9. The minimum absolute atomic E-state index is 0.0492. The van der Waals surface area contributed by atoms with Crippen molar-refractivity contribution in [2.45, 2.75) is 52.6 Å². The average molecular weight is 380 g/mol. The molecule has 5 heteroatoms. The zero-order valence-electron chi connectivity index (χ0n) is 16.9. The van der Waals surface area contributed by atoms with Gasteiger partial charge in [0.05, 0.1) is 0 Å². The smallest absolute Gasteiger partial charge is 0.265 e. The summed E-state index contributed by atoms with van der Waals surface area (Å²) in [4.78, 5) is 24.6. The molecule has 1 fully saturated rings. The lowest BCUT2D eigenvalue weighted by Gasteiger charge is -2.17. The number of carbonyl (C=O) groups excluding carboxylic acids is 2. The number of hydrogen-bond acceptors (Lipinski definition) is 3. The molecular formula is C23H28N2O3. The van der Waals surface area contributed by atoms with Gasteiger partial charge in [-0.1, -0.05) is 32.0 Å². The van der Waals surface area contributed by atoms with Crippen molar-refractivity contribution < 1.29 is 14.3 Å². The molecule has 2 aromatic rings. The Morgan fingerprint density at radius 2 is 1.57 bits per heavy atom. The van der Waals surface area contributed by atoms with Gasteiger partial charge in [-0.3, -0.25) is 9.59 Å². The van der Waals surface area contributed by atoms with Crippen LogP contribution < -0.4 is 15.4 Å². The molecule has 0 spiro atoms. The Morgan fingerprint density at radius 1 is 0.964 bits per heavy atom. The number of rotatable bonds is 7. The van der Waals surface area contributed by atoms with E-state index in [2.05, 4.69) is 24.5 Å². The van der Waals surface area contributed by atoms with E-state index in [1.807, 2.05) is 49.4 Å². The van der Waals surface area contributed by atoms with Crippen molar-refractivity contribution in [3.8, 4) is 5.75 Å². The van der Waals surface area contributed by atoms with Crippen LogP contribution in [0, 0.1) is 12.8 Å². The number of benzene rings is 2. The van der Waals surface area contributed by atoms with Gasteiger partial charge >= 0.3 is 0 Å². The second-order valence-electron chi connectivity index (χ2n) is 7.71. The Bertz CT molecular complexity index is 855. The van der Waals surface area contributed by atoms with Crippen LogP contribution in [0.15, 0.2) is 42.5 Å². The van der Waals surface area contributed by atoms with E-state index < -0.39 is 6.10 Å². The Hall–Kier alpha value is -2.82. The van der Waals surface area contributed by atoms with E-state index in [1.165, 1.54) is 5.56 Å². The van der Waals surface area contributed by atoms with Gasteiger partial charge in [0, 0.05) is 17.3 Å². The highest BCUT2D eigenvalue weighted by Gasteiger charge is 2.30. The van der Waals surface area contributed by atoms with E-state index >= 15 is 0 Å². The van der Waals surface area contributed by atoms with E-state index in [0.717, 1.165) is 24.1 Å². The van der Waals surface area contributed by atoms with Crippen molar-refractivity contribution in [1.82, 2.24) is 0 Å². The van der Waals surface area contributed by atoms with E-state index in [-0.39, 0.29) is 17.7 Å². The zero-order chi connectivity index (χ0) is 20.3. The predicted molar refractivity (Wildman–Crippen MR) is 112 cm³/mol. The van der Waals surface area contributed by atoms with Crippen molar-refractivity contribution in [3.05, 3.63) is 53.6 Å². The maximum absolute atomic E-state index is 12.6. The lowest BCUT2D eigenvalue weighted by Crippen LogP contribution is -2.30. The molecule has 0 radical (unpaired) electrons. The van der Waals surface area contributed by atoms with Crippen LogP contribution >= 0.6 is 0 Å². The molecule has 0 saturated heterocycles. The third-order valence-electron chi connectivity index (χ3n) is 5.03. The summed E-state index contributed by atoms with van der Waals surface area (Å²) in [6, 6.07) is 13.3. The van der Waals surface area contributed by atoms with Crippen molar-refractivity contribution in [1.29, 1.82) is 0 Å². The highest BCUT2D eigenvalue weighted by molar-refractivity contribution is 5.98. The van der Waals surface area contributed by atoms with E-state index in [9.17, 15) is 9.59 Å². The van der Waals surface area contributed by atoms with Gasteiger partial charge in [0.1, 0.15) is 5.75 Å². The largest absolute Gasteiger partial charge is 0.481 e. The highest BCUT2D eigenvalue weighted by Crippen LogP contribution is 2.31. The van der Waals surface area contributed by atoms with Crippen LogP contribution in [0.2, 0.25) is 0 Å². The molecule has 0 aliphatic heterocycles. The quantitative estimate of drug-likeness (QED) is 0.720. The van der Waals surface area contributed by atoms with Crippen LogP contribution in [0.4, 0.5) is 11.4 Å². The van der Waals surface area contributed by atoms with E-state index in [0.29, 0.717) is 17.4 Å². The van der Waals surface area contributed by atoms with Crippen LogP contribution in [0.3, 0.4) is 0 Å². The first-order valence-corrected chi connectivity index (χ1v) is 9.83. The number of nitrogens with one attached hydrogen (secondary N) is 2. The molecule has 1 atom stereocenters. The monoisotopic (exact) mass is 380 g/mol. The van der Waals surface area contributed by atoms with E-state index in [4.69, 9.17) is 4.74 Å². The molecular weight excluding hydrogens is 352 g/mol. The number of hydrogen-bond donors (Lipinski definition) is 2. The van der Waals surface area contributed by atoms with Gasteiger partial charge < -0.3 is 15.4 Å². The predicted octanol–water partition coefficient (Wildman–Crippen LogP) is 4.87. The summed E-state index contributed by atoms with van der Waals surface area (Å²) in [5.74, 6) is 1.06. The first-order valence-electron chi connectivity index (χ1n) is 9.83. The maximum atomic E-state index is 12.6. The third-order valence-corrected chi connectivity index (χ3v) is 5.03. The van der Waals surface area contributed by atoms with Gasteiger partial charge in [-0.05, 0) is 68.0 Å². The summed E-state index contributed by atoms with van der Waals surface area (Å²) in [5, 5.41) is 5.85. The first kappa shape index (κ1) is 19.9. The Balaban J connectivity index is 1.62. The minimum atomic E-state index is -0.644. The fraction of sp³-hybridized carbons (Fsp3) is 0.391. The molecule has 0 bridgehead atoms. The Morgan fingerprint density at radius 3 is 2.14 bits per heavy atom. The molecule has 3 rings (SSSR count). The van der Waals surface area contributed by atoms with Crippen LogP contribution in [-0.2, 0) is 9.59 Å². The average Bonchev–Trinajstić information content (AvgIpc) is 3.50. The molecule has 2 N–H and O–H groups in total. The van der Waals surface area contributed by atoms with Crippen molar-refractivity contribution in [3.63, 3.8) is 0 Å². The van der Waals surface area contributed by atoms with Gasteiger partial charge in [-0.2, -0.15) is 0 Å². The second kappa shape index (κ2) is 8.46. The number of amides is 2. The van der Waals surface area contributed by atoms with Crippen molar-refractivity contribution >= 4 is 23.2 Å². The third kappa shape index (κ3) is 4.91. The minimum Gasteiger partial charge on any atom is -0.481 e. The summed E-state index contributed by atoms with van der Waals surface area (Å²) >= 11 is 0. The molecule has 1 aliphatic carbocycles. The van der Waals surface area contributed by atoms with Gasteiger partial charge in [0.2, 0.25) is 5.91 Å². The fourth-order valence-corrected chi connectivity index (χ4v) is 2.91. The van der Waals surface area contributed by atoms with Gasteiger partial charge in [-0.25, -0.2) is 0 Å². The number of anilines is 2. The van der Waals surface area contributed by atoms with Crippen molar-refractivity contribution in [2.75, 3.05) is 10.6 Å². The molecule has 1 aliphatic rings.